The minimum atomic E-state index is 0.0644. The minimum absolute atomic E-state index is 0.0644. The van der Waals surface area contributed by atoms with Gasteiger partial charge >= 0.3 is 0 Å². The van der Waals surface area contributed by atoms with Gasteiger partial charge in [0.2, 0.25) is 0 Å². The summed E-state index contributed by atoms with van der Waals surface area (Å²) in [5, 5.41) is 0. The predicted octanol–water partition coefficient (Wildman–Crippen LogP) is 1.97. The fourth-order valence-corrected chi connectivity index (χ4v) is 1.62. The number of ether oxygens (including phenoxy) is 1. The van der Waals surface area contributed by atoms with Crippen molar-refractivity contribution in [3.63, 3.8) is 0 Å². The normalized spacial score (nSPS) is 13.3. The number of imidazole rings is 1. The molecule has 4 heteroatoms. The average Bonchev–Trinajstić information content (AvgIpc) is 2.71. The highest BCUT2D eigenvalue weighted by molar-refractivity contribution is 5.05. The van der Waals surface area contributed by atoms with Gasteiger partial charge in [0.25, 0.3) is 0 Å². The molecule has 1 rings (SSSR count). The molecular formula is C12H23N3O. The summed E-state index contributed by atoms with van der Waals surface area (Å²) >= 11 is 0. The van der Waals surface area contributed by atoms with Gasteiger partial charge in [0.05, 0.1) is 12.0 Å². The minimum Gasteiger partial charge on any atom is -0.382 e. The highest BCUT2D eigenvalue weighted by Gasteiger charge is 2.14. The highest BCUT2D eigenvalue weighted by Crippen LogP contribution is 2.18. The Hall–Kier alpha value is -0.870. The number of nitrogens with two attached hydrogens (primary N) is 1. The highest BCUT2D eigenvalue weighted by atomic mass is 16.5. The number of hydrogen-bond acceptors (Lipinski definition) is 3. The Morgan fingerprint density at radius 1 is 1.50 bits per heavy atom. The van der Waals surface area contributed by atoms with Crippen LogP contribution in [0, 0.1) is 5.92 Å². The summed E-state index contributed by atoms with van der Waals surface area (Å²) in [6, 6.07) is 0.0644. The maximum absolute atomic E-state index is 6.12. The first kappa shape index (κ1) is 13.2. The third-order valence-corrected chi connectivity index (χ3v) is 2.70. The molecule has 0 aromatic carbocycles. The van der Waals surface area contributed by atoms with Crippen molar-refractivity contribution in [3.05, 3.63) is 18.2 Å². The van der Waals surface area contributed by atoms with Crippen molar-refractivity contribution in [2.75, 3.05) is 13.2 Å². The SMILES string of the molecule is CCOCCCn1cncc1C(N)C(C)C. The molecule has 0 aliphatic heterocycles. The van der Waals surface area contributed by atoms with Crippen LogP contribution in [0.2, 0.25) is 0 Å². The van der Waals surface area contributed by atoms with E-state index >= 15 is 0 Å². The molecule has 0 fully saturated rings. The summed E-state index contributed by atoms with van der Waals surface area (Å²) in [4.78, 5) is 4.17. The van der Waals surface area contributed by atoms with Crippen molar-refractivity contribution in [3.8, 4) is 0 Å². The van der Waals surface area contributed by atoms with E-state index in [1.54, 1.807) is 0 Å². The molecule has 0 spiro atoms. The van der Waals surface area contributed by atoms with Crippen LogP contribution in [-0.4, -0.2) is 22.8 Å². The number of aromatic nitrogens is 2. The second-order valence-corrected chi connectivity index (χ2v) is 4.33. The Morgan fingerprint density at radius 2 is 2.25 bits per heavy atom. The van der Waals surface area contributed by atoms with Crippen molar-refractivity contribution < 1.29 is 4.74 Å². The molecule has 0 radical (unpaired) electrons. The van der Waals surface area contributed by atoms with Gasteiger partial charge in [0.1, 0.15) is 0 Å². The zero-order valence-corrected chi connectivity index (χ0v) is 10.5. The maximum Gasteiger partial charge on any atom is 0.0948 e. The van der Waals surface area contributed by atoms with Gasteiger partial charge in [-0.3, -0.25) is 0 Å². The molecule has 0 aliphatic carbocycles. The van der Waals surface area contributed by atoms with Crippen LogP contribution in [0.5, 0.6) is 0 Å². The van der Waals surface area contributed by atoms with Crippen LogP contribution in [-0.2, 0) is 11.3 Å². The van der Waals surface area contributed by atoms with E-state index in [9.17, 15) is 0 Å². The van der Waals surface area contributed by atoms with Gasteiger partial charge in [0, 0.05) is 32.0 Å². The number of rotatable bonds is 7. The fraction of sp³-hybridized carbons (Fsp3) is 0.750. The standard InChI is InChI=1S/C12H23N3O/c1-4-16-7-5-6-15-9-14-8-11(15)12(13)10(2)3/h8-10,12H,4-7,13H2,1-3H3. The van der Waals surface area contributed by atoms with Crippen LogP contribution in [0.4, 0.5) is 0 Å². The number of aryl methyl sites for hydroxylation is 1. The van der Waals surface area contributed by atoms with Gasteiger partial charge in [0.15, 0.2) is 0 Å². The van der Waals surface area contributed by atoms with E-state index in [4.69, 9.17) is 10.5 Å². The van der Waals surface area contributed by atoms with Gasteiger partial charge < -0.3 is 15.0 Å². The lowest BCUT2D eigenvalue weighted by atomic mass is 10.0. The van der Waals surface area contributed by atoms with Gasteiger partial charge in [-0.15, -0.1) is 0 Å². The van der Waals surface area contributed by atoms with E-state index in [1.165, 1.54) is 0 Å². The molecule has 0 amide bonds. The van der Waals surface area contributed by atoms with E-state index in [2.05, 4.69) is 23.4 Å². The Kier molecular flexibility index (Phi) is 5.49. The zero-order valence-electron chi connectivity index (χ0n) is 10.5. The van der Waals surface area contributed by atoms with E-state index in [1.807, 2.05) is 19.4 Å². The van der Waals surface area contributed by atoms with Crippen LogP contribution in [0.25, 0.3) is 0 Å². The third kappa shape index (κ3) is 3.61. The summed E-state index contributed by atoms with van der Waals surface area (Å²) in [6.07, 6.45) is 4.72. The lowest BCUT2D eigenvalue weighted by Crippen LogP contribution is -2.20. The first-order valence-electron chi connectivity index (χ1n) is 6.00. The quantitative estimate of drug-likeness (QED) is 0.722. The lowest BCUT2D eigenvalue weighted by molar-refractivity contribution is 0.141. The summed E-state index contributed by atoms with van der Waals surface area (Å²) in [6.45, 7) is 8.77. The van der Waals surface area contributed by atoms with Crippen molar-refractivity contribution in [1.82, 2.24) is 9.55 Å². The number of nitrogens with zero attached hydrogens (tertiary/aromatic N) is 2. The lowest BCUT2D eigenvalue weighted by Gasteiger charge is -2.17. The fourth-order valence-electron chi connectivity index (χ4n) is 1.62. The Balaban J connectivity index is 2.50. The van der Waals surface area contributed by atoms with Gasteiger partial charge in [-0.2, -0.15) is 0 Å². The third-order valence-electron chi connectivity index (χ3n) is 2.70. The second-order valence-electron chi connectivity index (χ2n) is 4.33. The smallest absolute Gasteiger partial charge is 0.0948 e. The monoisotopic (exact) mass is 225 g/mol. The van der Waals surface area contributed by atoms with Gasteiger partial charge in [-0.25, -0.2) is 4.98 Å². The molecule has 1 aromatic heterocycles. The van der Waals surface area contributed by atoms with Crippen LogP contribution in [0.1, 0.15) is 38.9 Å². The molecule has 16 heavy (non-hydrogen) atoms. The summed E-state index contributed by atoms with van der Waals surface area (Å²) in [5.74, 6) is 0.433. The number of hydrogen-bond donors (Lipinski definition) is 1. The molecule has 92 valence electrons. The van der Waals surface area contributed by atoms with Crippen LogP contribution in [0.3, 0.4) is 0 Å². The molecule has 1 aromatic rings. The predicted molar refractivity (Wildman–Crippen MR) is 65.1 cm³/mol. The summed E-state index contributed by atoms with van der Waals surface area (Å²) < 4.78 is 7.44. The van der Waals surface area contributed by atoms with E-state index in [0.717, 1.165) is 31.9 Å². The summed E-state index contributed by atoms with van der Waals surface area (Å²) in [5.41, 5.74) is 7.24. The average molecular weight is 225 g/mol. The van der Waals surface area contributed by atoms with E-state index < -0.39 is 0 Å². The molecule has 0 aliphatic rings. The Morgan fingerprint density at radius 3 is 2.88 bits per heavy atom. The topological polar surface area (TPSA) is 53.1 Å². The molecule has 0 bridgehead atoms. The van der Waals surface area contributed by atoms with Crippen LogP contribution in [0.15, 0.2) is 12.5 Å². The maximum atomic E-state index is 6.12. The molecule has 2 N–H and O–H groups in total. The van der Waals surface area contributed by atoms with Crippen molar-refractivity contribution in [2.45, 2.75) is 39.8 Å². The van der Waals surface area contributed by atoms with Crippen molar-refractivity contribution >= 4 is 0 Å². The van der Waals surface area contributed by atoms with Crippen molar-refractivity contribution in [2.24, 2.45) is 11.7 Å². The zero-order chi connectivity index (χ0) is 12.0. The van der Waals surface area contributed by atoms with Crippen LogP contribution < -0.4 is 5.73 Å². The molecule has 4 nitrogen and oxygen atoms in total. The van der Waals surface area contributed by atoms with E-state index in [0.29, 0.717) is 5.92 Å². The van der Waals surface area contributed by atoms with E-state index in [-0.39, 0.29) is 6.04 Å². The molecule has 1 heterocycles. The Labute approximate surface area is 97.8 Å². The van der Waals surface area contributed by atoms with Gasteiger partial charge in [-0.05, 0) is 19.3 Å². The Bertz CT molecular complexity index is 296. The molecule has 0 saturated carbocycles. The molecule has 1 atom stereocenters. The van der Waals surface area contributed by atoms with Crippen molar-refractivity contribution in [1.29, 1.82) is 0 Å². The first-order chi connectivity index (χ1) is 7.66. The molecular weight excluding hydrogens is 202 g/mol. The van der Waals surface area contributed by atoms with Crippen LogP contribution >= 0.6 is 0 Å². The second kappa shape index (κ2) is 6.66. The molecule has 0 saturated heterocycles. The first-order valence-corrected chi connectivity index (χ1v) is 6.00. The summed E-state index contributed by atoms with van der Waals surface area (Å²) in [7, 11) is 0. The molecule has 1 unspecified atom stereocenters. The largest absolute Gasteiger partial charge is 0.382 e. The van der Waals surface area contributed by atoms with Gasteiger partial charge in [-0.1, -0.05) is 13.8 Å².